The normalized spacial score (nSPS) is 30.2. The summed E-state index contributed by atoms with van der Waals surface area (Å²) in [5, 5.41) is 0. The van der Waals surface area contributed by atoms with Crippen molar-refractivity contribution in [3.8, 4) is 0 Å². The first-order chi connectivity index (χ1) is 13.3. The smallest absolute Gasteiger partial charge is 0.339 e. The molecule has 0 atom stereocenters. The van der Waals surface area contributed by atoms with Crippen molar-refractivity contribution in [2.24, 2.45) is 23.2 Å². The molecule has 0 spiro atoms. The molecule has 5 rings (SSSR count). The average molecular weight is 387 g/mol. The number of hydrogen-bond donors (Lipinski definition) is 3. The second-order valence-electron chi connectivity index (χ2n) is 9.21. The fourth-order valence-corrected chi connectivity index (χ4v) is 6.47. The number of esters is 1. The number of carbonyl (C=O) groups excluding carboxylic acids is 3. The molecule has 1 heterocycles. The molecule has 3 N–H and O–H groups in total. The van der Waals surface area contributed by atoms with E-state index in [0.29, 0.717) is 23.2 Å². The number of methoxy groups -OCH3 is 1. The lowest BCUT2D eigenvalue weighted by Crippen LogP contribution is -2.50. The van der Waals surface area contributed by atoms with Crippen LogP contribution in [0.3, 0.4) is 0 Å². The number of hydrogen-bond acceptors (Lipinski definition) is 4. The number of nitrogens with one attached hydrogen (secondary N) is 3. The summed E-state index contributed by atoms with van der Waals surface area (Å²) >= 11 is 0. The summed E-state index contributed by atoms with van der Waals surface area (Å²) in [6.07, 6.45) is 7.95. The fourth-order valence-electron chi connectivity index (χ4n) is 6.47. The van der Waals surface area contributed by atoms with Gasteiger partial charge in [0.05, 0.1) is 12.7 Å². The Morgan fingerprint density at radius 3 is 2.14 bits per heavy atom. The number of carbonyl (C=O) groups is 3. The van der Waals surface area contributed by atoms with Crippen LogP contribution < -0.4 is 10.9 Å². The van der Waals surface area contributed by atoms with Crippen LogP contribution in [0.5, 0.6) is 0 Å². The molecule has 2 amide bonds. The highest BCUT2D eigenvalue weighted by atomic mass is 16.5. The van der Waals surface area contributed by atoms with E-state index in [1.165, 1.54) is 26.4 Å². The quantitative estimate of drug-likeness (QED) is 0.546. The summed E-state index contributed by atoms with van der Waals surface area (Å²) < 4.78 is 4.76. The van der Waals surface area contributed by atoms with Gasteiger partial charge in [-0.2, -0.15) is 0 Å². The average Bonchev–Trinajstić information content (AvgIpc) is 2.92. The number of aromatic nitrogens is 1. The van der Waals surface area contributed by atoms with Gasteiger partial charge in [-0.3, -0.25) is 20.4 Å². The molecule has 0 unspecified atom stereocenters. The monoisotopic (exact) mass is 387 g/mol. The zero-order valence-corrected chi connectivity index (χ0v) is 16.8. The minimum Gasteiger partial charge on any atom is -0.465 e. The van der Waals surface area contributed by atoms with Crippen molar-refractivity contribution in [1.29, 1.82) is 0 Å². The summed E-state index contributed by atoms with van der Waals surface area (Å²) in [5.74, 6) is 1.27. The van der Waals surface area contributed by atoms with Gasteiger partial charge >= 0.3 is 5.97 Å². The van der Waals surface area contributed by atoms with E-state index in [2.05, 4.69) is 15.8 Å². The van der Waals surface area contributed by atoms with Gasteiger partial charge < -0.3 is 9.72 Å². The van der Waals surface area contributed by atoms with E-state index in [1.807, 2.05) is 0 Å². The molecule has 4 aliphatic carbocycles. The molecule has 152 valence electrons. The van der Waals surface area contributed by atoms with Gasteiger partial charge in [0, 0.05) is 12.1 Å². The molecule has 4 bridgehead atoms. The molecule has 0 radical (unpaired) electrons. The summed E-state index contributed by atoms with van der Waals surface area (Å²) in [6, 6.07) is 0. The topological polar surface area (TPSA) is 100 Å². The van der Waals surface area contributed by atoms with Gasteiger partial charge in [-0.15, -0.1) is 0 Å². The Labute approximate surface area is 164 Å². The molecule has 1 aromatic rings. The summed E-state index contributed by atoms with van der Waals surface area (Å²) in [6.45, 7) is 3.39. The maximum atomic E-state index is 12.6. The highest BCUT2D eigenvalue weighted by Crippen LogP contribution is 2.61. The largest absolute Gasteiger partial charge is 0.465 e. The third-order valence-corrected chi connectivity index (χ3v) is 7.07. The molecule has 7 nitrogen and oxygen atoms in total. The Balaban J connectivity index is 1.37. The zero-order valence-electron chi connectivity index (χ0n) is 16.8. The van der Waals surface area contributed by atoms with Crippen molar-refractivity contribution in [1.82, 2.24) is 15.8 Å². The first-order valence-electron chi connectivity index (χ1n) is 10.2. The maximum absolute atomic E-state index is 12.6. The molecular weight excluding hydrogens is 358 g/mol. The van der Waals surface area contributed by atoms with Gasteiger partial charge in [0.25, 0.3) is 5.91 Å². The van der Waals surface area contributed by atoms with Crippen LogP contribution in [0.25, 0.3) is 0 Å². The number of H-pyrrole nitrogens is 1. The highest BCUT2D eigenvalue weighted by molar-refractivity contribution is 6.01. The van der Waals surface area contributed by atoms with Crippen molar-refractivity contribution in [3.63, 3.8) is 0 Å². The van der Waals surface area contributed by atoms with E-state index in [0.717, 1.165) is 37.0 Å². The number of hydrazine groups is 1. The highest BCUT2D eigenvalue weighted by Gasteiger charge is 2.51. The van der Waals surface area contributed by atoms with Crippen molar-refractivity contribution in [2.45, 2.75) is 58.8 Å². The van der Waals surface area contributed by atoms with Crippen LogP contribution in [0, 0.1) is 37.0 Å². The molecule has 1 aromatic heterocycles. The zero-order chi connectivity index (χ0) is 20.1. The second kappa shape index (κ2) is 6.94. The SMILES string of the molecule is COC(=O)c1c(C)[nH]c(C(=O)NNC(=O)CC23CC4CC(CC(C4)C2)C3)c1C. The van der Waals surface area contributed by atoms with Crippen LogP contribution in [-0.2, 0) is 9.53 Å². The standard InChI is InChI=1S/C21H29N3O4/c1-11-17(20(27)28-3)12(2)22-18(11)19(26)24-23-16(25)10-21-7-13-4-14(8-21)6-15(5-13)9-21/h13-15,22H,4-10H2,1-3H3,(H,23,25)(H,24,26). The molecule has 4 saturated carbocycles. The first-order valence-corrected chi connectivity index (χ1v) is 10.2. The Kier molecular flexibility index (Phi) is 4.71. The van der Waals surface area contributed by atoms with Crippen LogP contribution in [0.4, 0.5) is 0 Å². The molecule has 0 aliphatic heterocycles. The van der Waals surface area contributed by atoms with E-state index < -0.39 is 11.9 Å². The number of amides is 2. The van der Waals surface area contributed by atoms with E-state index in [4.69, 9.17) is 4.74 Å². The first kappa shape index (κ1) is 19.0. The number of ether oxygens (including phenoxy) is 1. The van der Waals surface area contributed by atoms with Crippen molar-refractivity contribution >= 4 is 17.8 Å². The van der Waals surface area contributed by atoms with Crippen LogP contribution in [0.2, 0.25) is 0 Å². The molecule has 7 heteroatoms. The minimum absolute atomic E-state index is 0.126. The lowest BCUT2D eigenvalue weighted by Gasteiger charge is -2.56. The Bertz CT molecular complexity index is 791. The third kappa shape index (κ3) is 3.31. The van der Waals surface area contributed by atoms with Gasteiger partial charge in [-0.25, -0.2) is 4.79 Å². The predicted octanol–water partition coefficient (Wildman–Crippen LogP) is 2.79. The summed E-state index contributed by atoms with van der Waals surface area (Å²) in [4.78, 5) is 39.8. The van der Waals surface area contributed by atoms with Crippen LogP contribution in [0.1, 0.15) is 77.0 Å². The van der Waals surface area contributed by atoms with Crippen LogP contribution >= 0.6 is 0 Å². The van der Waals surface area contributed by atoms with Crippen molar-refractivity contribution in [2.75, 3.05) is 7.11 Å². The van der Waals surface area contributed by atoms with E-state index in [9.17, 15) is 14.4 Å². The van der Waals surface area contributed by atoms with Gasteiger partial charge in [-0.1, -0.05) is 0 Å². The molecular formula is C21H29N3O4. The minimum atomic E-state index is -0.490. The maximum Gasteiger partial charge on any atom is 0.339 e. The predicted molar refractivity (Wildman–Crippen MR) is 102 cm³/mol. The Morgan fingerprint density at radius 1 is 1.04 bits per heavy atom. The van der Waals surface area contributed by atoms with Gasteiger partial charge in [0.1, 0.15) is 5.69 Å². The number of aryl methyl sites for hydroxylation is 1. The van der Waals surface area contributed by atoms with Gasteiger partial charge in [0.2, 0.25) is 5.91 Å². The molecule has 4 aliphatic rings. The van der Waals surface area contributed by atoms with Gasteiger partial charge in [-0.05, 0) is 81.1 Å². The summed E-state index contributed by atoms with van der Waals surface area (Å²) in [5.41, 5.74) is 6.89. The second-order valence-corrected chi connectivity index (χ2v) is 9.21. The lowest BCUT2D eigenvalue weighted by atomic mass is 9.49. The summed E-state index contributed by atoms with van der Waals surface area (Å²) in [7, 11) is 1.30. The van der Waals surface area contributed by atoms with E-state index in [-0.39, 0.29) is 17.0 Å². The Hall–Kier alpha value is -2.31. The van der Waals surface area contributed by atoms with E-state index >= 15 is 0 Å². The van der Waals surface area contributed by atoms with Crippen LogP contribution in [-0.4, -0.2) is 29.9 Å². The third-order valence-electron chi connectivity index (χ3n) is 7.07. The Morgan fingerprint density at radius 2 is 1.61 bits per heavy atom. The number of aromatic amines is 1. The molecule has 0 aromatic carbocycles. The molecule has 0 saturated heterocycles. The fraction of sp³-hybridized carbons (Fsp3) is 0.667. The number of rotatable bonds is 4. The van der Waals surface area contributed by atoms with Crippen molar-refractivity contribution in [3.05, 3.63) is 22.5 Å². The van der Waals surface area contributed by atoms with Crippen LogP contribution in [0.15, 0.2) is 0 Å². The van der Waals surface area contributed by atoms with Crippen molar-refractivity contribution < 1.29 is 19.1 Å². The van der Waals surface area contributed by atoms with Gasteiger partial charge in [0.15, 0.2) is 0 Å². The molecule has 4 fully saturated rings. The van der Waals surface area contributed by atoms with E-state index in [1.54, 1.807) is 13.8 Å². The molecule has 28 heavy (non-hydrogen) atoms. The lowest BCUT2D eigenvalue weighted by molar-refractivity contribution is -0.130.